The molecule has 3 nitrogen and oxygen atoms in total. The highest BCUT2D eigenvalue weighted by atomic mass is 16.5. The second kappa shape index (κ2) is 7.15. The fourth-order valence-electron chi connectivity index (χ4n) is 2.17. The zero-order chi connectivity index (χ0) is 14.4. The van der Waals surface area contributed by atoms with E-state index in [9.17, 15) is 0 Å². The molecule has 1 aromatic carbocycles. The Hall–Kier alpha value is -1.74. The van der Waals surface area contributed by atoms with Gasteiger partial charge in [0.15, 0.2) is 0 Å². The molecule has 1 aromatic heterocycles. The van der Waals surface area contributed by atoms with Crippen LogP contribution in [-0.2, 0) is 0 Å². The molecule has 0 saturated carbocycles. The van der Waals surface area contributed by atoms with E-state index >= 15 is 0 Å². The van der Waals surface area contributed by atoms with Crippen molar-refractivity contribution in [2.45, 2.75) is 33.2 Å². The Bertz CT molecular complexity index is 516. The predicted molar refractivity (Wildman–Crippen MR) is 81.2 cm³/mol. The summed E-state index contributed by atoms with van der Waals surface area (Å²) < 4.78 is 11.4. The zero-order valence-electron chi connectivity index (χ0n) is 12.5. The third-order valence-electron chi connectivity index (χ3n) is 3.14. The summed E-state index contributed by atoms with van der Waals surface area (Å²) in [5, 5.41) is 3.46. The number of hydrogen-bond acceptors (Lipinski definition) is 3. The van der Waals surface area contributed by atoms with Crippen molar-refractivity contribution in [3.05, 3.63) is 53.5 Å². The van der Waals surface area contributed by atoms with Gasteiger partial charge < -0.3 is 14.5 Å². The Morgan fingerprint density at radius 2 is 1.85 bits per heavy atom. The molecule has 1 N–H and O–H groups in total. The van der Waals surface area contributed by atoms with Crippen LogP contribution >= 0.6 is 0 Å². The molecule has 1 unspecified atom stereocenters. The Kier molecular flexibility index (Phi) is 5.24. The van der Waals surface area contributed by atoms with Gasteiger partial charge in [-0.3, -0.25) is 0 Å². The molecule has 0 aliphatic carbocycles. The molecule has 0 bridgehead atoms. The maximum atomic E-state index is 5.75. The van der Waals surface area contributed by atoms with E-state index in [1.165, 1.54) is 5.56 Å². The number of benzene rings is 1. The topological polar surface area (TPSA) is 34.4 Å². The van der Waals surface area contributed by atoms with Gasteiger partial charge in [0.25, 0.3) is 0 Å². The van der Waals surface area contributed by atoms with Crippen LogP contribution in [0.3, 0.4) is 0 Å². The molecule has 0 fully saturated rings. The van der Waals surface area contributed by atoms with Crippen LogP contribution in [0, 0.1) is 6.92 Å². The van der Waals surface area contributed by atoms with Gasteiger partial charge in [-0.05, 0) is 49.7 Å². The van der Waals surface area contributed by atoms with Gasteiger partial charge in [-0.1, -0.05) is 26.0 Å². The Morgan fingerprint density at radius 1 is 1.10 bits per heavy atom. The normalized spacial score (nSPS) is 12.3. The lowest BCUT2D eigenvalue weighted by Gasteiger charge is -2.16. The van der Waals surface area contributed by atoms with E-state index in [4.69, 9.17) is 9.15 Å². The Morgan fingerprint density at radius 3 is 2.40 bits per heavy atom. The van der Waals surface area contributed by atoms with Crippen LogP contribution < -0.4 is 10.1 Å². The highest BCUT2D eigenvalue weighted by Crippen LogP contribution is 2.25. The Balaban J connectivity index is 2.17. The van der Waals surface area contributed by atoms with Crippen LogP contribution in [-0.4, -0.2) is 13.2 Å². The molecule has 1 atom stereocenters. The van der Waals surface area contributed by atoms with Crippen molar-refractivity contribution < 1.29 is 9.15 Å². The van der Waals surface area contributed by atoms with Gasteiger partial charge in [-0.25, -0.2) is 0 Å². The molecule has 0 spiro atoms. The van der Waals surface area contributed by atoms with Gasteiger partial charge in [0.1, 0.15) is 17.3 Å². The summed E-state index contributed by atoms with van der Waals surface area (Å²) in [5.41, 5.74) is 1.19. The predicted octanol–water partition coefficient (Wildman–Crippen LogP) is 4.08. The monoisotopic (exact) mass is 273 g/mol. The lowest BCUT2D eigenvalue weighted by atomic mass is 10.0. The number of furan rings is 1. The van der Waals surface area contributed by atoms with E-state index in [0.717, 1.165) is 36.8 Å². The first kappa shape index (κ1) is 14.7. The third-order valence-corrected chi connectivity index (χ3v) is 3.14. The molecule has 1 heterocycles. The minimum Gasteiger partial charge on any atom is -0.494 e. The second-order valence-corrected chi connectivity index (χ2v) is 4.86. The van der Waals surface area contributed by atoms with Crippen molar-refractivity contribution >= 4 is 0 Å². The Labute approximate surface area is 121 Å². The number of nitrogens with one attached hydrogen (secondary N) is 1. The van der Waals surface area contributed by atoms with E-state index in [1.54, 1.807) is 0 Å². The summed E-state index contributed by atoms with van der Waals surface area (Å²) in [4.78, 5) is 0. The average Bonchev–Trinajstić information content (AvgIpc) is 2.89. The van der Waals surface area contributed by atoms with Gasteiger partial charge in [-0.2, -0.15) is 0 Å². The van der Waals surface area contributed by atoms with E-state index < -0.39 is 0 Å². The SMILES string of the molecule is CCCOc1ccc(C(NCC)c2ccc(C)o2)cc1. The summed E-state index contributed by atoms with van der Waals surface area (Å²) in [7, 11) is 0. The van der Waals surface area contributed by atoms with Gasteiger partial charge in [0.05, 0.1) is 12.6 Å². The molecule has 3 heteroatoms. The minimum atomic E-state index is 0.0916. The van der Waals surface area contributed by atoms with Crippen LogP contribution in [0.5, 0.6) is 5.75 Å². The van der Waals surface area contributed by atoms with Crippen LogP contribution in [0.2, 0.25) is 0 Å². The first-order valence-electron chi connectivity index (χ1n) is 7.27. The van der Waals surface area contributed by atoms with Crippen molar-refractivity contribution in [3.63, 3.8) is 0 Å². The molecule has 20 heavy (non-hydrogen) atoms. The summed E-state index contributed by atoms with van der Waals surface area (Å²) in [6.45, 7) is 7.82. The molecule has 0 radical (unpaired) electrons. The van der Waals surface area contributed by atoms with E-state index in [-0.39, 0.29) is 6.04 Å². The van der Waals surface area contributed by atoms with Crippen LogP contribution in [0.1, 0.15) is 43.4 Å². The first-order chi connectivity index (χ1) is 9.74. The molecule has 2 rings (SSSR count). The fraction of sp³-hybridized carbons (Fsp3) is 0.412. The van der Waals surface area contributed by atoms with Crippen molar-refractivity contribution in [1.29, 1.82) is 0 Å². The van der Waals surface area contributed by atoms with Crippen molar-refractivity contribution in [2.75, 3.05) is 13.2 Å². The fourth-order valence-corrected chi connectivity index (χ4v) is 2.17. The van der Waals surface area contributed by atoms with E-state index in [2.05, 4.69) is 31.3 Å². The average molecular weight is 273 g/mol. The summed E-state index contributed by atoms with van der Waals surface area (Å²) >= 11 is 0. The quantitative estimate of drug-likeness (QED) is 0.825. The molecule has 0 saturated heterocycles. The van der Waals surface area contributed by atoms with E-state index in [1.807, 2.05) is 31.2 Å². The van der Waals surface area contributed by atoms with Crippen molar-refractivity contribution in [3.8, 4) is 5.75 Å². The number of rotatable bonds is 7. The highest BCUT2D eigenvalue weighted by Gasteiger charge is 2.16. The minimum absolute atomic E-state index is 0.0916. The summed E-state index contributed by atoms with van der Waals surface area (Å²) in [6, 6.07) is 12.3. The summed E-state index contributed by atoms with van der Waals surface area (Å²) in [6.07, 6.45) is 1.02. The smallest absolute Gasteiger partial charge is 0.125 e. The molecule has 108 valence electrons. The maximum Gasteiger partial charge on any atom is 0.125 e. The number of hydrogen-bond donors (Lipinski definition) is 1. The van der Waals surface area contributed by atoms with Gasteiger partial charge in [0.2, 0.25) is 0 Å². The van der Waals surface area contributed by atoms with Gasteiger partial charge in [0, 0.05) is 0 Å². The molecule has 2 aromatic rings. The number of aryl methyl sites for hydroxylation is 1. The van der Waals surface area contributed by atoms with Crippen LogP contribution in [0.25, 0.3) is 0 Å². The largest absolute Gasteiger partial charge is 0.494 e. The van der Waals surface area contributed by atoms with Crippen LogP contribution in [0.4, 0.5) is 0 Å². The summed E-state index contributed by atoms with van der Waals surface area (Å²) in [5.74, 6) is 2.80. The van der Waals surface area contributed by atoms with E-state index in [0.29, 0.717) is 0 Å². The van der Waals surface area contributed by atoms with Gasteiger partial charge in [-0.15, -0.1) is 0 Å². The zero-order valence-corrected chi connectivity index (χ0v) is 12.5. The molecule has 0 aliphatic rings. The second-order valence-electron chi connectivity index (χ2n) is 4.86. The van der Waals surface area contributed by atoms with Crippen LogP contribution in [0.15, 0.2) is 40.8 Å². The lowest BCUT2D eigenvalue weighted by Crippen LogP contribution is -2.21. The lowest BCUT2D eigenvalue weighted by molar-refractivity contribution is 0.317. The highest BCUT2D eigenvalue weighted by molar-refractivity contribution is 5.33. The van der Waals surface area contributed by atoms with Gasteiger partial charge >= 0.3 is 0 Å². The number of ether oxygens (including phenoxy) is 1. The molecule has 0 amide bonds. The van der Waals surface area contributed by atoms with Crippen molar-refractivity contribution in [2.24, 2.45) is 0 Å². The van der Waals surface area contributed by atoms with Crippen molar-refractivity contribution in [1.82, 2.24) is 5.32 Å². The molecular formula is C17H23NO2. The standard InChI is InChI=1S/C17H23NO2/c1-4-12-19-15-9-7-14(8-10-15)17(18-5-2)16-11-6-13(3)20-16/h6-11,17-18H,4-5,12H2,1-3H3. The molecule has 0 aliphatic heterocycles. The maximum absolute atomic E-state index is 5.75. The third kappa shape index (κ3) is 3.64. The molecular weight excluding hydrogens is 250 g/mol. The first-order valence-corrected chi connectivity index (χ1v) is 7.27.